The van der Waals surface area contributed by atoms with Crippen LogP contribution in [0.4, 0.5) is 0 Å². The number of hydrogen-bond acceptors (Lipinski definition) is 4. The van der Waals surface area contributed by atoms with Crippen molar-refractivity contribution >= 4 is 28.6 Å². The maximum Gasteiger partial charge on any atom is 0.233 e. The van der Waals surface area contributed by atoms with Crippen LogP contribution in [0.3, 0.4) is 0 Å². The Balaban J connectivity index is 1.67. The number of morpholine rings is 1. The first-order valence-corrected chi connectivity index (χ1v) is 8.08. The number of hydrogen-bond donors (Lipinski definition) is 0. The average molecular weight is 302 g/mol. The van der Waals surface area contributed by atoms with Gasteiger partial charge in [-0.1, -0.05) is 18.2 Å². The highest BCUT2D eigenvalue weighted by molar-refractivity contribution is 8.00. The SMILES string of the molecule is C[C@@H]1CN(C(=O)CSc2cccc3cccnc23)CCO1. The Labute approximate surface area is 128 Å². The Morgan fingerprint density at radius 3 is 3.14 bits per heavy atom. The maximum absolute atomic E-state index is 12.3. The van der Waals surface area contributed by atoms with Gasteiger partial charge in [-0.2, -0.15) is 0 Å². The van der Waals surface area contributed by atoms with E-state index in [-0.39, 0.29) is 12.0 Å². The summed E-state index contributed by atoms with van der Waals surface area (Å²) in [6, 6.07) is 10.0. The zero-order chi connectivity index (χ0) is 14.7. The Bertz CT molecular complexity index is 642. The van der Waals surface area contributed by atoms with E-state index in [0.717, 1.165) is 15.8 Å². The van der Waals surface area contributed by atoms with Gasteiger partial charge in [-0.05, 0) is 19.1 Å². The van der Waals surface area contributed by atoms with Gasteiger partial charge in [0.25, 0.3) is 0 Å². The molecule has 1 aliphatic heterocycles. The van der Waals surface area contributed by atoms with Gasteiger partial charge in [0.05, 0.1) is 24.0 Å². The number of nitrogens with zero attached hydrogens (tertiary/aromatic N) is 2. The minimum atomic E-state index is 0.131. The number of pyridine rings is 1. The Kier molecular flexibility index (Phi) is 4.41. The van der Waals surface area contributed by atoms with Crippen molar-refractivity contribution in [3.05, 3.63) is 36.5 Å². The Hall–Kier alpha value is -1.59. The van der Waals surface area contributed by atoms with Crippen LogP contribution in [0.1, 0.15) is 6.92 Å². The molecule has 5 heteroatoms. The summed E-state index contributed by atoms with van der Waals surface area (Å²) in [7, 11) is 0. The predicted molar refractivity (Wildman–Crippen MR) is 84.5 cm³/mol. The molecule has 1 saturated heterocycles. The number of ether oxygens (including phenoxy) is 1. The lowest BCUT2D eigenvalue weighted by Gasteiger charge is -2.31. The molecular weight excluding hydrogens is 284 g/mol. The molecule has 1 aromatic heterocycles. The van der Waals surface area contributed by atoms with E-state index in [1.165, 1.54) is 0 Å². The highest BCUT2D eigenvalue weighted by Gasteiger charge is 2.21. The highest BCUT2D eigenvalue weighted by Crippen LogP contribution is 2.26. The molecule has 2 heterocycles. The predicted octanol–water partition coefficient (Wildman–Crippen LogP) is 2.57. The van der Waals surface area contributed by atoms with Crippen molar-refractivity contribution in [2.24, 2.45) is 0 Å². The molecule has 1 amide bonds. The first-order valence-electron chi connectivity index (χ1n) is 7.10. The second-order valence-corrected chi connectivity index (χ2v) is 6.16. The van der Waals surface area contributed by atoms with Gasteiger partial charge in [0.15, 0.2) is 0 Å². The number of rotatable bonds is 3. The van der Waals surface area contributed by atoms with Gasteiger partial charge in [0.2, 0.25) is 5.91 Å². The molecule has 0 N–H and O–H groups in total. The lowest BCUT2D eigenvalue weighted by atomic mass is 10.2. The van der Waals surface area contributed by atoms with Crippen molar-refractivity contribution in [2.45, 2.75) is 17.9 Å². The van der Waals surface area contributed by atoms with Crippen molar-refractivity contribution in [1.29, 1.82) is 0 Å². The van der Waals surface area contributed by atoms with Crippen LogP contribution >= 0.6 is 11.8 Å². The minimum absolute atomic E-state index is 0.131. The Morgan fingerprint density at radius 1 is 1.43 bits per heavy atom. The molecule has 0 bridgehead atoms. The average Bonchev–Trinajstić information content (AvgIpc) is 2.52. The number of carbonyl (C=O) groups excluding carboxylic acids is 1. The van der Waals surface area contributed by atoms with Crippen molar-refractivity contribution in [3.8, 4) is 0 Å². The summed E-state index contributed by atoms with van der Waals surface area (Å²) in [6.45, 7) is 4.01. The number of aromatic nitrogens is 1. The Morgan fingerprint density at radius 2 is 2.29 bits per heavy atom. The number of para-hydroxylation sites is 1. The van der Waals surface area contributed by atoms with E-state index in [9.17, 15) is 4.79 Å². The van der Waals surface area contributed by atoms with Crippen molar-refractivity contribution in [3.63, 3.8) is 0 Å². The van der Waals surface area contributed by atoms with Gasteiger partial charge < -0.3 is 9.64 Å². The summed E-state index contributed by atoms with van der Waals surface area (Å²) in [5.74, 6) is 0.616. The van der Waals surface area contributed by atoms with Crippen LogP contribution in [-0.4, -0.2) is 47.3 Å². The standard InChI is InChI=1S/C16H18N2O2S/c1-12-10-18(8-9-20-12)15(19)11-21-14-6-2-4-13-5-3-7-17-16(13)14/h2-7,12H,8-11H2,1H3/t12-/m1/s1. The summed E-state index contributed by atoms with van der Waals surface area (Å²) in [5.41, 5.74) is 0.966. The monoisotopic (exact) mass is 302 g/mol. The van der Waals surface area contributed by atoms with E-state index < -0.39 is 0 Å². The number of carbonyl (C=O) groups is 1. The van der Waals surface area contributed by atoms with Crippen LogP contribution in [0.25, 0.3) is 10.9 Å². The highest BCUT2D eigenvalue weighted by atomic mass is 32.2. The van der Waals surface area contributed by atoms with E-state index in [1.54, 1.807) is 18.0 Å². The molecule has 2 aromatic rings. The largest absolute Gasteiger partial charge is 0.375 e. The first kappa shape index (κ1) is 14.4. The smallest absolute Gasteiger partial charge is 0.233 e. The second kappa shape index (κ2) is 6.45. The molecule has 1 aliphatic rings. The molecule has 0 unspecified atom stereocenters. The number of benzene rings is 1. The van der Waals surface area contributed by atoms with Gasteiger partial charge in [-0.3, -0.25) is 9.78 Å². The number of fused-ring (bicyclic) bond motifs is 1. The van der Waals surface area contributed by atoms with Gasteiger partial charge >= 0.3 is 0 Å². The fourth-order valence-electron chi connectivity index (χ4n) is 2.47. The van der Waals surface area contributed by atoms with Crippen LogP contribution in [0.5, 0.6) is 0 Å². The number of amides is 1. The molecule has 1 fully saturated rings. The van der Waals surface area contributed by atoms with Crippen LogP contribution < -0.4 is 0 Å². The normalized spacial score (nSPS) is 18.9. The van der Waals surface area contributed by atoms with E-state index >= 15 is 0 Å². The lowest BCUT2D eigenvalue weighted by Crippen LogP contribution is -2.45. The third-order valence-corrected chi connectivity index (χ3v) is 4.57. The molecule has 0 aliphatic carbocycles. The zero-order valence-electron chi connectivity index (χ0n) is 12.0. The molecule has 0 radical (unpaired) electrons. The van der Waals surface area contributed by atoms with Crippen LogP contribution in [0.15, 0.2) is 41.4 Å². The van der Waals surface area contributed by atoms with Gasteiger partial charge in [-0.25, -0.2) is 0 Å². The summed E-state index contributed by atoms with van der Waals surface area (Å²) < 4.78 is 5.47. The van der Waals surface area contributed by atoms with Crippen molar-refractivity contribution in [1.82, 2.24) is 9.88 Å². The summed E-state index contributed by atoms with van der Waals surface area (Å²) in [4.78, 5) is 19.6. The van der Waals surface area contributed by atoms with E-state index in [4.69, 9.17) is 4.74 Å². The molecule has 3 rings (SSSR count). The van der Waals surface area contributed by atoms with Gasteiger partial charge in [0.1, 0.15) is 0 Å². The van der Waals surface area contributed by atoms with Crippen molar-refractivity contribution in [2.75, 3.05) is 25.4 Å². The van der Waals surface area contributed by atoms with Crippen molar-refractivity contribution < 1.29 is 9.53 Å². The summed E-state index contributed by atoms with van der Waals surface area (Å²) in [5, 5.41) is 1.11. The molecule has 110 valence electrons. The summed E-state index contributed by atoms with van der Waals surface area (Å²) in [6.07, 6.45) is 1.92. The topological polar surface area (TPSA) is 42.4 Å². The zero-order valence-corrected chi connectivity index (χ0v) is 12.8. The third-order valence-electron chi connectivity index (χ3n) is 3.54. The van der Waals surface area contributed by atoms with Crippen LogP contribution in [-0.2, 0) is 9.53 Å². The van der Waals surface area contributed by atoms with Gasteiger partial charge in [0, 0.05) is 29.6 Å². The molecular formula is C16H18N2O2S. The maximum atomic E-state index is 12.3. The lowest BCUT2D eigenvalue weighted by molar-refractivity contribution is -0.135. The molecule has 21 heavy (non-hydrogen) atoms. The molecule has 1 aromatic carbocycles. The second-order valence-electron chi connectivity index (χ2n) is 5.14. The number of thioether (sulfide) groups is 1. The fraction of sp³-hybridized carbons (Fsp3) is 0.375. The molecule has 4 nitrogen and oxygen atoms in total. The van der Waals surface area contributed by atoms with Gasteiger partial charge in [-0.15, -0.1) is 11.8 Å². The first-order chi connectivity index (χ1) is 10.2. The molecule has 1 atom stereocenters. The van der Waals surface area contributed by atoms with E-state index in [1.807, 2.05) is 42.2 Å². The molecule has 0 spiro atoms. The van der Waals surface area contributed by atoms with Crippen LogP contribution in [0, 0.1) is 0 Å². The van der Waals surface area contributed by atoms with Crippen LogP contribution in [0.2, 0.25) is 0 Å². The van der Waals surface area contributed by atoms with E-state index in [2.05, 4.69) is 4.98 Å². The summed E-state index contributed by atoms with van der Waals surface area (Å²) >= 11 is 1.56. The van der Waals surface area contributed by atoms with E-state index in [0.29, 0.717) is 25.4 Å². The minimum Gasteiger partial charge on any atom is -0.375 e. The quantitative estimate of drug-likeness (QED) is 0.817. The molecule has 0 saturated carbocycles. The fourth-order valence-corrected chi connectivity index (χ4v) is 3.41. The third kappa shape index (κ3) is 3.36.